The maximum Gasteiger partial charge on any atom is 0.253 e. The van der Waals surface area contributed by atoms with E-state index in [1.165, 1.54) is 0 Å². The molecule has 8 heteroatoms. The average molecular weight is 367 g/mol. The highest BCUT2D eigenvalue weighted by atomic mass is 16.5. The van der Waals surface area contributed by atoms with Crippen LogP contribution in [-0.2, 0) is 11.4 Å². The number of terminal acetylenes is 1. The molecule has 2 heterocycles. The molecule has 27 heavy (non-hydrogen) atoms. The largest absolute Gasteiger partial charge is 0.484 e. The van der Waals surface area contributed by atoms with Crippen molar-refractivity contribution in [3.8, 4) is 18.1 Å². The summed E-state index contributed by atoms with van der Waals surface area (Å²) in [6.45, 7) is 1.95. The Balaban J connectivity index is 1.43. The van der Waals surface area contributed by atoms with Gasteiger partial charge in [0.2, 0.25) is 11.8 Å². The van der Waals surface area contributed by atoms with E-state index in [0.717, 1.165) is 0 Å². The summed E-state index contributed by atoms with van der Waals surface area (Å²) < 4.78 is 11.1. The van der Waals surface area contributed by atoms with Crippen molar-refractivity contribution in [1.29, 1.82) is 0 Å². The van der Waals surface area contributed by atoms with Crippen LogP contribution < -0.4 is 10.1 Å². The maximum atomic E-state index is 12.1. The van der Waals surface area contributed by atoms with Crippen molar-refractivity contribution < 1.29 is 13.9 Å². The molecule has 1 aliphatic heterocycles. The number of carbonyl (C=O) groups excluding carboxylic acids is 1. The summed E-state index contributed by atoms with van der Waals surface area (Å²) >= 11 is 0. The first kappa shape index (κ1) is 18.6. The van der Waals surface area contributed by atoms with Gasteiger partial charge < -0.3 is 14.5 Å². The highest BCUT2D eigenvalue weighted by Gasteiger charge is 2.39. The van der Waals surface area contributed by atoms with E-state index in [2.05, 4.69) is 31.7 Å². The van der Waals surface area contributed by atoms with E-state index in [9.17, 15) is 4.79 Å². The van der Waals surface area contributed by atoms with Gasteiger partial charge in [0, 0.05) is 25.7 Å². The Kier molecular flexibility index (Phi) is 5.81. The number of rotatable bonds is 10. The molecule has 1 aromatic carbocycles. The SMILES string of the molecule is C#CCCC1(CCC(=O)NC(C)c2nnc(COc3ccccc3)o2)N=N1. The molecule has 2 aromatic rings. The summed E-state index contributed by atoms with van der Waals surface area (Å²) in [6, 6.07) is 8.95. The molecule has 1 N–H and O–H groups in total. The molecule has 1 atom stereocenters. The number of benzene rings is 1. The fraction of sp³-hybridized carbons (Fsp3) is 0.421. The van der Waals surface area contributed by atoms with Gasteiger partial charge in [-0.05, 0) is 19.1 Å². The first-order chi connectivity index (χ1) is 13.1. The normalized spacial score (nSPS) is 15.0. The molecule has 1 unspecified atom stereocenters. The monoisotopic (exact) mass is 367 g/mol. The standard InChI is InChI=1S/C19H21N5O3/c1-3-4-11-19(23-24-19)12-10-16(25)20-14(2)18-22-21-17(27-18)13-26-15-8-6-5-7-9-15/h1,5-9,14H,4,10-13H2,2H3,(H,20,25). The van der Waals surface area contributed by atoms with Gasteiger partial charge in [-0.3, -0.25) is 4.79 Å². The first-order valence-electron chi connectivity index (χ1n) is 8.77. The fourth-order valence-corrected chi connectivity index (χ4v) is 2.52. The molecule has 0 saturated carbocycles. The molecule has 0 aliphatic carbocycles. The van der Waals surface area contributed by atoms with E-state index in [-0.39, 0.29) is 12.5 Å². The molecule has 1 aliphatic rings. The van der Waals surface area contributed by atoms with Gasteiger partial charge in [-0.2, -0.15) is 10.2 Å². The van der Waals surface area contributed by atoms with Crippen LogP contribution in [0.25, 0.3) is 0 Å². The van der Waals surface area contributed by atoms with Crippen LogP contribution in [0.3, 0.4) is 0 Å². The lowest BCUT2D eigenvalue weighted by Gasteiger charge is -2.12. The second-order valence-electron chi connectivity index (χ2n) is 6.31. The van der Waals surface area contributed by atoms with Gasteiger partial charge in [0.05, 0.1) is 0 Å². The number of aromatic nitrogens is 2. The Hall–Kier alpha value is -3.21. The van der Waals surface area contributed by atoms with Crippen molar-refractivity contribution in [3.05, 3.63) is 42.1 Å². The van der Waals surface area contributed by atoms with Crippen molar-refractivity contribution >= 4 is 5.91 Å². The van der Waals surface area contributed by atoms with Crippen LogP contribution >= 0.6 is 0 Å². The van der Waals surface area contributed by atoms with Crippen LogP contribution in [0.1, 0.15) is 50.4 Å². The highest BCUT2D eigenvalue weighted by molar-refractivity contribution is 5.76. The molecule has 1 aromatic heterocycles. The number of carbonyl (C=O) groups is 1. The molecule has 0 bridgehead atoms. The van der Waals surface area contributed by atoms with Crippen LogP contribution in [0, 0.1) is 12.3 Å². The number of nitrogens with one attached hydrogen (secondary N) is 1. The summed E-state index contributed by atoms with van der Waals surface area (Å²) in [6.07, 6.45) is 7.40. The predicted molar refractivity (Wildman–Crippen MR) is 96.5 cm³/mol. The van der Waals surface area contributed by atoms with Crippen LogP contribution in [0.5, 0.6) is 5.75 Å². The van der Waals surface area contributed by atoms with E-state index >= 15 is 0 Å². The second-order valence-corrected chi connectivity index (χ2v) is 6.31. The second kappa shape index (κ2) is 8.45. The third-order valence-electron chi connectivity index (χ3n) is 4.14. The zero-order valence-electron chi connectivity index (χ0n) is 15.1. The van der Waals surface area contributed by atoms with Crippen molar-refractivity contribution in [2.24, 2.45) is 10.2 Å². The van der Waals surface area contributed by atoms with Crippen molar-refractivity contribution in [2.75, 3.05) is 0 Å². The number of hydrogen-bond donors (Lipinski definition) is 1. The number of nitrogens with zero attached hydrogens (tertiary/aromatic N) is 4. The number of para-hydroxylation sites is 1. The van der Waals surface area contributed by atoms with Crippen LogP contribution in [0.2, 0.25) is 0 Å². The third-order valence-corrected chi connectivity index (χ3v) is 4.14. The van der Waals surface area contributed by atoms with E-state index in [1.54, 1.807) is 6.92 Å². The Bertz CT molecular complexity index is 835. The third kappa shape index (κ3) is 5.38. The van der Waals surface area contributed by atoms with Crippen molar-refractivity contribution in [1.82, 2.24) is 15.5 Å². The number of amides is 1. The smallest absolute Gasteiger partial charge is 0.253 e. The van der Waals surface area contributed by atoms with Gasteiger partial charge in [-0.25, -0.2) is 0 Å². The summed E-state index contributed by atoms with van der Waals surface area (Å²) in [7, 11) is 0. The van der Waals surface area contributed by atoms with E-state index < -0.39 is 11.7 Å². The molecular weight excluding hydrogens is 346 g/mol. The number of ether oxygens (including phenoxy) is 1. The van der Waals surface area contributed by atoms with Crippen LogP contribution in [0.15, 0.2) is 45.0 Å². The van der Waals surface area contributed by atoms with Gasteiger partial charge in [-0.15, -0.1) is 22.5 Å². The van der Waals surface area contributed by atoms with Gasteiger partial charge in [0.25, 0.3) is 5.89 Å². The molecule has 0 saturated heterocycles. The van der Waals surface area contributed by atoms with Gasteiger partial charge in [-0.1, -0.05) is 18.2 Å². The molecule has 8 nitrogen and oxygen atoms in total. The molecule has 3 rings (SSSR count). The van der Waals surface area contributed by atoms with Crippen molar-refractivity contribution in [2.45, 2.75) is 50.9 Å². The summed E-state index contributed by atoms with van der Waals surface area (Å²) in [4.78, 5) is 12.1. The quantitative estimate of drug-likeness (QED) is 0.650. The molecule has 1 amide bonds. The predicted octanol–water partition coefficient (Wildman–Crippen LogP) is 3.18. The Morgan fingerprint density at radius 1 is 1.30 bits per heavy atom. The van der Waals surface area contributed by atoms with Gasteiger partial charge in [0.1, 0.15) is 11.8 Å². The lowest BCUT2D eigenvalue weighted by Crippen LogP contribution is -2.28. The van der Waals surface area contributed by atoms with E-state index in [4.69, 9.17) is 15.6 Å². The van der Waals surface area contributed by atoms with E-state index in [0.29, 0.717) is 43.2 Å². The van der Waals surface area contributed by atoms with Gasteiger partial charge in [0.15, 0.2) is 12.3 Å². The summed E-state index contributed by atoms with van der Waals surface area (Å²) in [5.41, 5.74) is -0.459. The minimum atomic E-state index is -0.459. The van der Waals surface area contributed by atoms with Crippen LogP contribution in [-0.4, -0.2) is 21.8 Å². The van der Waals surface area contributed by atoms with Crippen molar-refractivity contribution in [3.63, 3.8) is 0 Å². The molecular formula is C19H21N5O3. The lowest BCUT2D eigenvalue weighted by molar-refractivity contribution is -0.122. The zero-order chi connectivity index (χ0) is 19.1. The highest BCUT2D eigenvalue weighted by Crippen LogP contribution is 2.37. The Morgan fingerprint density at radius 3 is 2.78 bits per heavy atom. The average Bonchev–Trinajstić information content (AvgIpc) is 3.30. The van der Waals surface area contributed by atoms with Crippen LogP contribution in [0.4, 0.5) is 0 Å². The Morgan fingerprint density at radius 2 is 2.07 bits per heavy atom. The minimum Gasteiger partial charge on any atom is -0.484 e. The first-order valence-corrected chi connectivity index (χ1v) is 8.77. The molecule has 0 radical (unpaired) electrons. The maximum absolute atomic E-state index is 12.1. The summed E-state index contributed by atoms with van der Waals surface area (Å²) in [5.74, 6) is 3.84. The number of hydrogen-bond acceptors (Lipinski definition) is 7. The zero-order valence-corrected chi connectivity index (χ0v) is 15.1. The van der Waals surface area contributed by atoms with Gasteiger partial charge >= 0.3 is 0 Å². The molecule has 140 valence electrons. The fourth-order valence-electron chi connectivity index (χ4n) is 2.52. The Labute approximate surface area is 157 Å². The molecule has 0 spiro atoms. The minimum absolute atomic E-state index is 0.125. The van der Waals surface area contributed by atoms with E-state index in [1.807, 2.05) is 30.3 Å². The topological polar surface area (TPSA) is 102 Å². The lowest BCUT2D eigenvalue weighted by atomic mass is 10.0. The molecule has 0 fully saturated rings. The summed E-state index contributed by atoms with van der Waals surface area (Å²) in [5, 5.41) is 18.8.